The van der Waals surface area contributed by atoms with Crippen molar-refractivity contribution < 1.29 is 0 Å². The Bertz CT molecular complexity index is 1050. The molecule has 1 aromatic heterocycles. The molecule has 124 valence electrons. The van der Waals surface area contributed by atoms with Crippen molar-refractivity contribution in [2.45, 2.75) is 24.7 Å². The first-order chi connectivity index (χ1) is 12.3. The number of allylic oxidation sites excluding steroid dienone is 1. The van der Waals surface area contributed by atoms with E-state index in [0.29, 0.717) is 0 Å². The zero-order valence-electron chi connectivity index (χ0n) is 14.2. The van der Waals surface area contributed by atoms with E-state index >= 15 is 0 Å². The van der Waals surface area contributed by atoms with Crippen molar-refractivity contribution in [3.63, 3.8) is 0 Å². The topological polar surface area (TPSA) is 33.4 Å². The smallest absolute Gasteiger partial charge is 0.144 e. The number of thioether (sulfide) groups is 1. The minimum absolute atomic E-state index is 0.123. The Labute approximate surface area is 150 Å². The van der Waals surface area contributed by atoms with Crippen LogP contribution >= 0.6 is 11.8 Å². The van der Waals surface area contributed by atoms with Crippen molar-refractivity contribution in [3.8, 4) is 0 Å². The molecule has 1 atom stereocenters. The van der Waals surface area contributed by atoms with Gasteiger partial charge in [0.25, 0.3) is 0 Å². The Hall–Kier alpha value is -2.53. The van der Waals surface area contributed by atoms with Gasteiger partial charge >= 0.3 is 0 Å². The molecule has 0 aliphatic carbocycles. The van der Waals surface area contributed by atoms with Crippen LogP contribution in [0.5, 0.6) is 0 Å². The molecule has 0 spiro atoms. The SMILES string of the molecule is CCN1/C(=C\C2C(C)=Nn3c2nc2ccccc23)Sc2ccccc21. The maximum absolute atomic E-state index is 4.84. The molecular formula is C20H18N4S. The summed E-state index contributed by atoms with van der Waals surface area (Å²) < 4.78 is 2.00. The van der Waals surface area contributed by atoms with Gasteiger partial charge in [0.1, 0.15) is 5.82 Å². The van der Waals surface area contributed by atoms with Crippen molar-refractivity contribution in [1.29, 1.82) is 0 Å². The number of hydrogen-bond donors (Lipinski definition) is 0. The fourth-order valence-electron chi connectivity index (χ4n) is 3.59. The Balaban J connectivity index is 1.60. The minimum atomic E-state index is 0.123. The number of fused-ring (bicyclic) bond motifs is 4. The lowest BCUT2D eigenvalue weighted by molar-refractivity contribution is 0.863. The second-order valence-corrected chi connectivity index (χ2v) is 7.37. The van der Waals surface area contributed by atoms with Gasteiger partial charge in [0.15, 0.2) is 0 Å². The Morgan fingerprint density at radius 3 is 2.80 bits per heavy atom. The van der Waals surface area contributed by atoms with E-state index in [1.807, 2.05) is 34.6 Å². The van der Waals surface area contributed by atoms with Crippen LogP contribution in [0, 0.1) is 0 Å². The normalized spacial score (nSPS) is 20.2. The van der Waals surface area contributed by atoms with Crippen LogP contribution in [0.3, 0.4) is 0 Å². The monoisotopic (exact) mass is 346 g/mol. The molecule has 4 nitrogen and oxygen atoms in total. The van der Waals surface area contributed by atoms with E-state index in [-0.39, 0.29) is 5.92 Å². The molecule has 0 bridgehead atoms. The molecule has 0 amide bonds. The highest BCUT2D eigenvalue weighted by atomic mass is 32.2. The van der Waals surface area contributed by atoms with E-state index in [1.165, 1.54) is 15.6 Å². The lowest BCUT2D eigenvalue weighted by Gasteiger charge is -2.19. The second-order valence-electron chi connectivity index (χ2n) is 6.31. The number of nitrogens with zero attached hydrogens (tertiary/aromatic N) is 4. The third kappa shape index (κ3) is 2.15. The molecule has 0 saturated heterocycles. The number of imidazole rings is 1. The van der Waals surface area contributed by atoms with Crippen LogP contribution in [0.15, 0.2) is 69.6 Å². The third-order valence-electron chi connectivity index (χ3n) is 4.81. The van der Waals surface area contributed by atoms with Crippen molar-refractivity contribution in [2.75, 3.05) is 11.4 Å². The summed E-state index contributed by atoms with van der Waals surface area (Å²) in [4.78, 5) is 8.53. The summed E-state index contributed by atoms with van der Waals surface area (Å²) in [6.45, 7) is 5.24. The summed E-state index contributed by atoms with van der Waals surface area (Å²) in [5, 5.41) is 6.03. The van der Waals surface area contributed by atoms with Crippen LogP contribution < -0.4 is 4.90 Å². The molecule has 5 heteroatoms. The number of aromatic nitrogens is 2. The average molecular weight is 346 g/mol. The van der Waals surface area contributed by atoms with Crippen molar-refractivity contribution in [1.82, 2.24) is 9.66 Å². The summed E-state index contributed by atoms with van der Waals surface area (Å²) in [6, 6.07) is 16.8. The van der Waals surface area contributed by atoms with Gasteiger partial charge in [-0.05, 0) is 44.2 Å². The zero-order valence-corrected chi connectivity index (χ0v) is 15.0. The summed E-state index contributed by atoms with van der Waals surface area (Å²) in [6.07, 6.45) is 2.32. The van der Waals surface area contributed by atoms with Gasteiger partial charge in [0.2, 0.25) is 0 Å². The fraction of sp³-hybridized carbons (Fsp3) is 0.200. The van der Waals surface area contributed by atoms with Gasteiger partial charge in [0.05, 0.1) is 33.4 Å². The van der Waals surface area contributed by atoms with Crippen LogP contribution in [0.25, 0.3) is 11.0 Å². The van der Waals surface area contributed by atoms with Gasteiger partial charge in [-0.15, -0.1) is 0 Å². The summed E-state index contributed by atoms with van der Waals surface area (Å²) in [7, 11) is 0. The van der Waals surface area contributed by atoms with Gasteiger partial charge in [-0.25, -0.2) is 9.66 Å². The number of anilines is 1. The molecule has 3 aromatic rings. The average Bonchev–Trinajstić information content (AvgIpc) is 3.26. The highest BCUT2D eigenvalue weighted by molar-refractivity contribution is 8.03. The molecule has 0 radical (unpaired) electrons. The molecule has 0 saturated carbocycles. The van der Waals surface area contributed by atoms with Crippen molar-refractivity contribution in [3.05, 3.63) is 65.5 Å². The molecule has 2 aromatic carbocycles. The quantitative estimate of drug-likeness (QED) is 0.666. The van der Waals surface area contributed by atoms with E-state index in [2.05, 4.69) is 55.2 Å². The predicted molar refractivity (Wildman–Crippen MR) is 104 cm³/mol. The molecule has 5 rings (SSSR count). The highest BCUT2D eigenvalue weighted by Crippen LogP contribution is 2.47. The van der Waals surface area contributed by atoms with Crippen LogP contribution in [-0.2, 0) is 0 Å². The Kier molecular flexibility index (Phi) is 3.25. The van der Waals surface area contributed by atoms with E-state index in [4.69, 9.17) is 10.1 Å². The maximum Gasteiger partial charge on any atom is 0.144 e. The van der Waals surface area contributed by atoms with E-state index in [1.54, 1.807) is 0 Å². The lowest BCUT2D eigenvalue weighted by Crippen LogP contribution is -2.18. The number of rotatable bonds is 2. The Morgan fingerprint density at radius 2 is 1.92 bits per heavy atom. The van der Waals surface area contributed by atoms with Gasteiger partial charge in [-0.2, -0.15) is 5.10 Å². The fourth-order valence-corrected chi connectivity index (χ4v) is 4.78. The van der Waals surface area contributed by atoms with E-state index in [0.717, 1.165) is 29.1 Å². The predicted octanol–water partition coefficient (Wildman–Crippen LogP) is 4.83. The third-order valence-corrected chi connectivity index (χ3v) is 5.94. The second kappa shape index (κ2) is 5.49. The lowest BCUT2D eigenvalue weighted by atomic mass is 10.0. The van der Waals surface area contributed by atoms with E-state index in [9.17, 15) is 0 Å². The largest absolute Gasteiger partial charge is 0.336 e. The standard InChI is InChI=1S/C20H18N4S/c1-3-23-17-10-6-7-11-18(17)25-19(23)12-14-13(2)22-24-16-9-5-4-8-15(16)21-20(14)24/h4-12,14H,3H2,1-2H3/b19-12+. The zero-order chi connectivity index (χ0) is 17.0. The molecule has 25 heavy (non-hydrogen) atoms. The molecule has 2 aliphatic rings. The van der Waals surface area contributed by atoms with Crippen molar-refractivity contribution >= 4 is 34.2 Å². The summed E-state index contributed by atoms with van der Waals surface area (Å²) >= 11 is 1.83. The number of hydrogen-bond acceptors (Lipinski definition) is 4. The first kappa shape index (κ1) is 14.8. The van der Waals surface area contributed by atoms with Gasteiger partial charge in [0, 0.05) is 11.4 Å². The Morgan fingerprint density at radius 1 is 1.12 bits per heavy atom. The van der Waals surface area contributed by atoms with Crippen LogP contribution in [0.1, 0.15) is 25.6 Å². The molecule has 0 fully saturated rings. The molecule has 2 aliphatic heterocycles. The number of para-hydroxylation sites is 3. The van der Waals surface area contributed by atoms with Crippen molar-refractivity contribution in [2.24, 2.45) is 5.10 Å². The molecule has 0 N–H and O–H groups in total. The minimum Gasteiger partial charge on any atom is -0.336 e. The van der Waals surface area contributed by atoms with E-state index < -0.39 is 0 Å². The molecular weight excluding hydrogens is 328 g/mol. The first-order valence-corrected chi connectivity index (χ1v) is 9.37. The molecule has 3 heterocycles. The highest BCUT2D eigenvalue weighted by Gasteiger charge is 2.30. The number of benzene rings is 2. The maximum atomic E-state index is 4.84. The van der Waals surface area contributed by atoms with Gasteiger partial charge in [-0.1, -0.05) is 36.0 Å². The van der Waals surface area contributed by atoms with Gasteiger partial charge < -0.3 is 4.90 Å². The van der Waals surface area contributed by atoms with Crippen LogP contribution in [0.2, 0.25) is 0 Å². The van der Waals surface area contributed by atoms with Crippen LogP contribution in [-0.4, -0.2) is 21.9 Å². The summed E-state index contributed by atoms with van der Waals surface area (Å²) in [5.41, 5.74) is 4.47. The van der Waals surface area contributed by atoms with Crippen LogP contribution in [0.4, 0.5) is 5.69 Å². The first-order valence-electron chi connectivity index (χ1n) is 8.55. The summed E-state index contributed by atoms with van der Waals surface area (Å²) in [5.74, 6) is 1.14. The van der Waals surface area contributed by atoms with Gasteiger partial charge in [-0.3, -0.25) is 0 Å². The molecule has 1 unspecified atom stereocenters.